The van der Waals surface area contributed by atoms with Crippen molar-refractivity contribution in [1.29, 1.82) is 0 Å². The van der Waals surface area contributed by atoms with Crippen LogP contribution in [0, 0.1) is 22.7 Å². The first-order valence-corrected chi connectivity index (χ1v) is 18.5. The van der Waals surface area contributed by atoms with Crippen molar-refractivity contribution in [1.82, 2.24) is 20.9 Å². The van der Waals surface area contributed by atoms with Crippen LogP contribution in [-0.4, -0.2) is 86.7 Å². The number of aliphatic hydroxyl groups excluding tert-OH is 1. The van der Waals surface area contributed by atoms with E-state index in [1.165, 1.54) is 45.2 Å². The van der Waals surface area contributed by atoms with Crippen molar-refractivity contribution in [2.24, 2.45) is 28.4 Å². The third-order valence-corrected chi connectivity index (χ3v) is 7.31. The lowest BCUT2D eigenvalue weighted by molar-refractivity contribution is -0.129. The molecule has 0 aromatic rings. The summed E-state index contributed by atoms with van der Waals surface area (Å²) >= 11 is 0. The van der Waals surface area contributed by atoms with Gasteiger partial charge in [-0.1, -0.05) is 128 Å². The van der Waals surface area contributed by atoms with Crippen molar-refractivity contribution >= 4 is 24.3 Å². The molecule has 0 spiro atoms. The highest BCUT2D eigenvalue weighted by Gasteiger charge is 2.33. The number of carbonyl (C=O) groups excluding carboxylic acids is 4. The summed E-state index contributed by atoms with van der Waals surface area (Å²) in [5.41, 5.74) is 4.87. The lowest BCUT2D eigenvalue weighted by Gasteiger charge is -2.28. The predicted octanol–water partition coefficient (Wildman–Crippen LogP) is 6.66. The SMILES string of the molecule is C=C(NCC=O)NC(C=O)C(C)(C)C.C=CC(=O)C(CC1CC1)NC(=O)C1CCCN1C.CC(C)C.CCC(C)(C)C.CCCC.CN.CO. The fourth-order valence-electron chi connectivity index (χ4n) is 3.44. The summed E-state index contributed by atoms with van der Waals surface area (Å²) in [7, 11) is 4.46. The Kier molecular flexibility index (Phi) is 39.6. The van der Waals surface area contributed by atoms with E-state index in [2.05, 4.69) is 102 Å². The molecule has 0 aromatic heterocycles. The topological polar surface area (TPSA) is 154 Å². The molecule has 0 aromatic carbocycles. The molecule has 0 bridgehead atoms. The molecular formula is C40H83N5O5. The highest BCUT2D eigenvalue weighted by atomic mass is 16.2. The van der Waals surface area contributed by atoms with Gasteiger partial charge in [-0.3, -0.25) is 14.5 Å². The number of nitrogens with two attached hydrogens (primary N) is 1. The van der Waals surface area contributed by atoms with Gasteiger partial charge >= 0.3 is 0 Å². The van der Waals surface area contributed by atoms with Gasteiger partial charge in [0.05, 0.1) is 30.5 Å². The Hall–Kier alpha value is -2.56. The molecule has 2 aliphatic rings. The number of likely N-dealkylation sites (tertiary alicyclic amines) is 1. The van der Waals surface area contributed by atoms with Crippen molar-refractivity contribution < 1.29 is 24.3 Å². The lowest BCUT2D eigenvalue weighted by atomic mass is 9.88. The fourth-order valence-corrected chi connectivity index (χ4v) is 3.44. The summed E-state index contributed by atoms with van der Waals surface area (Å²) in [6.45, 7) is 34.0. The number of carbonyl (C=O) groups is 4. The molecule has 1 heterocycles. The number of rotatable bonds is 13. The van der Waals surface area contributed by atoms with Crippen LogP contribution in [0.15, 0.2) is 25.1 Å². The molecule has 50 heavy (non-hydrogen) atoms. The Morgan fingerprint density at radius 1 is 0.940 bits per heavy atom. The van der Waals surface area contributed by atoms with E-state index in [4.69, 9.17) is 5.11 Å². The van der Waals surface area contributed by atoms with Crippen LogP contribution in [0.2, 0.25) is 0 Å². The molecule has 3 unspecified atom stereocenters. The average Bonchev–Trinajstić information content (AvgIpc) is 3.78. The monoisotopic (exact) mass is 714 g/mol. The van der Waals surface area contributed by atoms with Crippen LogP contribution in [0.4, 0.5) is 0 Å². The minimum Gasteiger partial charge on any atom is -0.400 e. The minimum absolute atomic E-state index is 0.00384. The van der Waals surface area contributed by atoms with E-state index in [0.29, 0.717) is 17.2 Å². The van der Waals surface area contributed by atoms with Crippen LogP contribution in [0.5, 0.6) is 0 Å². The van der Waals surface area contributed by atoms with E-state index < -0.39 is 0 Å². The van der Waals surface area contributed by atoms with Gasteiger partial charge in [-0.25, -0.2) is 0 Å². The third-order valence-electron chi connectivity index (χ3n) is 7.31. The van der Waals surface area contributed by atoms with Crippen molar-refractivity contribution in [2.45, 2.75) is 153 Å². The van der Waals surface area contributed by atoms with Crippen LogP contribution < -0.4 is 21.7 Å². The second kappa shape index (κ2) is 34.9. The van der Waals surface area contributed by atoms with Crippen molar-refractivity contribution in [2.75, 3.05) is 34.3 Å². The normalized spacial score (nSPS) is 15.8. The van der Waals surface area contributed by atoms with Crippen molar-refractivity contribution in [3.05, 3.63) is 25.1 Å². The second-order valence-corrected chi connectivity index (χ2v) is 15.3. The standard InChI is InChI=1S/C14H22N2O2.C10H18N2O2.C6H14.2C4H10.CH5N.CH4O/c1-3-13(17)11(9-10-6-7-10)15-14(18)12-5-4-8-16(12)2;1-8(11-5-6-13)12-9(7-14)10(2,3)4;1-5-6(2,3)4;1-4(2)3;1-3-4-2;2*1-2/h3,10-12H,1,4-9H2,2H3,(H,15,18);6-7,9,11-12H,1,5H2,2-4H3;5H2,1-4H3;4H,1-3H3;3-4H2,1-2H3;2H2,1H3;2H,1H3. The smallest absolute Gasteiger partial charge is 0.237 e. The average molecular weight is 714 g/mol. The Balaban J connectivity index is -0.000000186. The molecule has 1 amide bonds. The maximum atomic E-state index is 12.1. The van der Waals surface area contributed by atoms with Crippen molar-refractivity contribution in [3.8, 4) is 0 Å². The van der Waals surface area contributed by atoms with E-state index in [1.54, 1.807) is 0 Å². The quantitative estimate of drug-likeness (QED) is 0.104. The lowest BCUT2D eigenvalue weighted by Crippen LogP contribution is -2.48. The van der Waals surface area contributed by atoms with Crippen molar-refractivity contribution in [3.63, 3.8) is 0 Å². The Morgan fingerprint density at radius 3 is 1.68 bits per heavy atom. The number of amides is 1. The highest BCUT2D eigenvalue weighted by molar-refractivity contribution is 5.97. The molecule has 10 nitrogen and oxygen atoms in total. The van der Waals surface area contributed by atoms with Gasteiger partial charge in [-0.05, 0) is 68.6 Å². The maximum absolute atomic E-state index is 12.1. The van der Waals surface area contributed by atoms with E-state index in [9.17, 15) is 19.2 Å². The van der Waals surface area contributed by atoms with Crippen LogP contribution in [-0.2, 0) is 19.2 Å². The largest absolute Gasteiger partial charge is 0.400 e. The number of likely N-dealkylation sites (N-methyl/N-ethyl adjacent to an activating group) is 1. The van der Waals surface area contributed by atoms with Gasteiger partial charge in [0.1, 0.15) is 12.6 Å². The molecule has 1 saturated heterocycles. The van der Waals surface area contributed by atoms with Crippen LogP contribution in [0.25, 0.3) is 0 Å². The molecule has 2 fully saturated rings. The number of hydrogen-bond acceptors (Lipinski definition) is 9. The number of ketones is 1. The Bertz CT molecular complexity index is 856. The minimum atomic E-state index is -0.364. The molecule has 0 radical (unpaired) electrons. The zero-order chi connectivity index (χ0) is 40.5. The van der Waals surface area contributed by atoms with Gasteiger partial charge in [-0.2, -0.15) is 0 Å². The van der Waals surface area contributed by atoms with Gasteiger partial charge in [0.25, 0.3) is 0 Å². The Morgan fingerprint density at radius 2 is 1.40 bits per heavy atom. The first-order chi connectivity index (χ1) is 23.2. The fraction of sp³-hybridized carbons (Fsp3) is 0.800. The van der Waals surface area contributed by atoms with Crippen LogP contribution >= 0.6 is 0 Å². The molecule has 1 aliphatic heterocycles. The van der Waals surface area contributed by atoms with E-state index >= 15 is 0 Å². The summed E-state index contributed by atoms with van der Waals surface area (Å²) in [5, 5.41) is 15.6. The van der Waals surface area contributed by atoms with Crippen LogP contribution in [0.3, 0.4) is 0 Å². The molecule has 6 N–H and O–H groups in total. The Labute approximate surface area is 309 Å². The molecule has 1 saturated carbocycles. The summed E-state index contributed by atoms with van der Waals surface area (Å²) in [6.07, 6.45) is 11.9. The van der Waals surface area contributed by atoms with E-state index in [0.717, 1.165) is 51.4 Å². The van der Waals surface area contributed by atoms with Crippen LogP contribution in [0.1, 0.15) is 134 Å². The highest BCUT2D eigenvalue weighted by Crippen LogP contribution is 2.33. The predicted molar refractivity (Wildman–Crippen MR) is 215 cm³/mol. The third kappa shape index (κ3) is 38.2. The first-order valence-electron chi connectivity index (χ1n) is 18.5. The second-order valence-electron chi connectivity index (χ2n) is 15.3. The maximum Gasteiger partial charge on any atom is 0.237 e. The summed E-state index contributed by atoms with van der Waals surface area (Å²) in [5.74, 6) is 1.87. The van der Waals surface area contributed by atoms with Gasteiger partial charge in [0, 0.05) is 7.11 Å². The molecular weight excluding hydrogens is 630 g/mol. The number of aliphatic hydroxyl groups is 1. The van der Waals surface area contributed by atoms with Gasteiger partial charge in [0.2, 0.25) is 5.91 Å². The van der Waals surface area contributed by atoms with Gasteiger partial charge in [-0.15, -0.1) is 0 Å². The molecule has 3 atom stereocenters. The summed E-state index contributed by atoms with van der Waals surface area (Å²) in [4.78, 5) is 46.8. The molecule has 10 heteroatoms. The number of unbranched alkanes of at least 4 members (excludes halogenated alkanes) is 1. The molecule has 1 aliphatic carbocycles. The number of nitrogens with zero attached hydrogens (tertiary/aromatic N) is 1. The van der Waals surface area contributed by atoms with E-state index in [1.807, 2.05) is 27.8 Å². The van der Waals surface area contributed by atoms with Gasteiger partial charge in [0.15, 0.2) is 5.78 Å². The zero-order valence-electron chi connectivity index (χ0n) is 35.2. The summed E-state index contributed by atoms with van der Waals surface area (Å²) < 4.78 is 0. The number of aldehydes is 2. The van der Waals surface area contributed by atoms with E-state index in [-0.39, 0.29) is 41.8 Å². The number of hydrogen-bond donors (Lipinski definition) is 5. The molecule has 298 valence electrons. The van der Waals surface area contributed by atoms with Gasteiger partial charge < -0.3 is 36.4 Å². The first kappa shape index (κ1) is 56.8. The summed E-state index contributed by atoms with van der Waals surface area (Å²) in [6, 6.07) is -0.741. The zero-order valence-corrected chi connectivity index (χ0v) is 35.2. The number of nitrogens with one attached hydrogen (secondary N) is 3. The molecule has 2 rings (SSSR count).